The van der Waals surface area contributed by atoms with E-state index < -0.39 is 53.7 Å². The van der Waals surface area contributed by atoms with Crippen LogP contribution in [0.3, 0.4) is 0 Å². The van der Waals surface area contributed by atoms with Gasteiger partial charge in [-0.3, -0.25) is 19.3 Å². The summed E-state index contributed by atoms with van der Waals surface area (Å²) < 4.78 is 66.1. The van der Waals surface area contributed by atoms with Gasteiger partial charge in [-0.1, -0.05) is 12.1 Å². The number of benzene rings is 2. The van der Waals surface area contributed by atoms with E-state index in [0.29, 0.717) is 17.0 Å². The van der Waals surface area contributed by atoms with Gasteiger partial charge in [0.2, 0.25) is 5.91 Å². The highest BCUT2D eigenvalue weighted by molar-refractivity contribution is 6.23. The minimum absolute atomic E-state index is 0.00338. The van der Waals surface area contributed by atoms with Crippen LogP contribution in [-0.4, -0.2) is 40.7 Å². The summed E-state index contributed by atoms with van der Waals surface area (Å²) in [6, 6.07) is 8.57. The van der Waals surface area contributed by atoms with Crippen molar-refractivity contribution in [3.63, 3.8) is 0 Å². The number of halogens is 5. The molecule has 0 aliphatic carbocycles. The second kappa shape index (κ2) is 8.90. The lowest BCUT2D eigenvalue weighted by Crippen LogP contribution is -2.51. The topological polar surface area (TPSA) is 70.6 Å². The molecule has 3 aromatic rings. The van der Waals surface area contributed by atoms with Crippen LogP contribution in [0.1, 0.15) is 32.0 Å². The molecule has 0 bridgehead atoms. The third-order valence-electron chi connectivity index (χ3n) is 5.53. The number of hydrogen-bond donors (Lipinski definition) is 0. The molecule has 0 N–H and O–H groups in total. The Morgan fingerprint density at radius 1 is 0.971 bits per heavy atom. The number of alkyl halides is 3. The smallest absolute Gasteiger partial charge is 0.312 e. The van der Waals surface area contributed by atoms with E-state index >= 15 is 0 Å². The molecule has 0 fully saturated rings. The average molecular weight is 489 g/mol. The average Bonchev–Trinajstić information content (AvgIpc) is 3.05. The van der Waals surface area contributed by atoms with E-state index in [2.05, 4.69) is 4.98 Å². The van der Waals surface area contributed by atoms with Gasteiger partial charge in [0, 0.05) is 19.5 Å². The summed E-state index contributed by atoms with van der Waals surface area (Å²) in [4.78, 5) is 44.5. The Morgan fingerprint density at radius 2 is 1.54 bits per heavy atom. The van der Waals surface area contributed by atoms with Crippen molar-refractivity contribution in [1.29, 1.82) is 0 Å². The van der Waals surface area contributed by atoms with Crippen LogP contribution in [0.15, 0.2) is 60.8 Å². The third kappa shape index (κ3) is 4.61. The van der Waals surface area contributed by atoms with Gasteiger partial charge < -0.3 is 4.90 Å². The van der Waals surface area contributed by atoms with Gasteiger partial charge in [-0.25, -0.2) is 13.8 Å². The highest BCUT2D eigenvalue weighted by Crippen LogP contribution is 2.30. The van der Waals surface area contributed by atoms with Crippen LogP contribution in [0.2, 0.25) is 0 Å². The number of carbonyl (C=O) groups excluding carboxylic acids is 3. The number of anilines is 1. The number of nitrogens with zero attached hydrogens (tertiary/aromatic N) is 3. The number of rotatable bonds is 5. The van der Waals surface area contributed by atoms with Crippen LogP contribution in [0.4, 0.5) is 27.6 Å². The van der Waals surface area contributed by atoms with E-state index in [4.69, 9.17) is 0 Å². The summed E-state index contributed by atoms with van der Waals surface area (Å²) in [6.45, 7) is 0. The van der Waals surface area contributed by atoms with Gasteiger partial charge in [0.25, 0.3) is 11.8 Å². The van der Waals surface area contributed by atoms with Gasteiger partial charge in [0.1, 0.15) is 23.4 Å². The van der Waals surface area contributed by atoms with E-state index in [-0.39, 0.29) is 22.4 Å². The highest BCUT2D eigenvalue weighted by atomic mass is 19.4. The maximum atomic E-state index is 13.8. The number of amides is 3. The molecule has 0 spiro atoms. The monoisotopic (exact) mass is 489 g/mol. The summed E-state index contributed by atoms with van der Waals surface area (Å²) >= 11 is 0. The number of fused-ring (bicyclic) bond motifs is 1. The maximum absolute atomic E-state index is 13.8. The van der Waals surface area contributed by atoms with Gasteiger partial charge in [-0.2, -0.15) is 13.2 Å². The van der Waals surface area contributed by atoms with Gasteiger partial charge in [-0.05, 0) is 42.0 Å². The lowest BCUT2D eigenvalue weighted by atomic mass is 10.0. The summed E-state index contributed by atoms with van der Waals surface area (Å²) in [5.74, 6) is -4.27. The van der Waals surface area contributed by atoms with Crippen molar-refractivity contribution in [3.05, 3.63) is 94.8 Å². The summed E-state index contributed by atoms with van der Waals surface area (Å²) in [5, 5.41) is 0. The van der Waals surface area contributed by atoms with Gasteiger partial charge in [-0.15, -0.1) is 0 Å². The standard InChI is InChI=1S/C24H16F5N3O3/c1-31(16-6-7-20(30-12-16)24(27,28)29)23(35)19(10-13-8-14(25)11-15(26)9-13)32-21(33)17-4-2-3-5-18(17)22(32)34/h2-9,11-12,19H,10H2,1H3/t19-/m0/s1. The summed E-state index contributed by atoms with van der Waals surface area (Å²) in [5.41, 5.74) is -1.11. The number of imide groups is 1. The summed E-state index contributed by atoms with van der Waals surface area (Å²) in [7, 11) is 1.23. The van der Waals surface area contributed by atoms with Crippen LogP contribution in [-0.2, 0) is 17.4 Å². The predicted octanol–water partition coefficient (Wildman–Crippen LogP) is 4.25. The zero-order valence-corrected chi connectivity index (χ0v) is 18.0. The molecule has 0 saturated carbocycles. The van der Waals surface area contributed by atoms with Crippen molar-refractivity contribution in [2.75, 3.05) is 11.9 Å². The van der Waals surface area contributed by atoms with Crippen molar-refractivity contribution in [2.24, 2.45) is 0 Å². The second-order valence-corrected chi connectivity index (χ2v) is 7.82. The molecule has 1 aromatic heterocycles. The van der Waals surface area contributed by atoms with E-state index in [1.165, 1.54) is 31.3 Å². The Labute approximate surface area is 195 Å². The number of hydrogen-bond acceptors (Lipinski definition) is 4. The zero-order valence-electron chi connectivity index (χ0n) is 18.0. The van der Waals surface area contributed by atoms with E-state index in [9.17, 15) is 36.3 Å². The summed E-state index contributed by atoms with van der Waals surface area (Å²) in [6.07, 6.45) is -4.30. The van der Waals surface area contributed by atoms with E-state index in [0.717, 1.165) is 29.3 Å². The molecule has 4 rings (SSSR count). The number of likely N-dealkylation sites (N-methyl/N-ethyl adjacent to an activating group) is 1. The van der Waals surface area contributed by atoms with Crippen molar-refractivity contribution < 1.29 is 36.3 Å². The zero-order chi connectivity index (χ0) is 25.5. The van der Waals surface area contributed by atoms with Crippen LogP contribution in [0.25, 0.3) is 0 Å². The van der Waals surface area contributed by atoms with Crippen molar-refractivity contribution in [2.45, 2.75) is 18.6 Å². The molecule has 11 heteroatoms. The number of carbonyl (C=O) groups is 3. The van der Waals surface area contributed by atoms with Crippen LogP contribution < -0.4 is 4.90 Å². The third-order valence-corrected chi connectivity index (χ3v) is 5.53. The molecule has 35 heavy (non-hydrogen) atoms. The minimum Gasteiger partial charge on any atom is -0.312 e. The normalized spacial score (nSPS) is 14.2. The molecule has 180 valence electrons. The van der Waals surface area contributed by atoms with Crippen LogP contribution in [0, 0.1) is 11.6 Å². The fraction of sp³-hybridized carbons (Fsp3) is 0.167. The molecule has 2 heterocycles. The van der Waals surface area contributed by atoms with Gasteiger partial charge in [0.05, 0.1) is 23.0 Å². The van der Waals surface area contributed by atoms with Crippen molar-refractivity contribution in [1.82, 2.24) is 9.88 Å². The first-order valence-corrected chi connectivity index (χ1v) is 10.2. The predicted molar refractivity (Wildman–Crippen MR) is 113 cm³/mol. The van der Waals surface area contributed by atoms with Gasteiger partial charge >= 0.3 is 6.18 Å². The lowest BCUT2D eigenvalue weighted by molar-refractivity contribution is -0.141. The lowest BCUT2D eigenvalue weighted by Gasteiger charge is -2.29. The highest BCUT2D eigenvalue weighted by Gasteiger charge is 2.44. The molecule has 6 nitrogen and oxygen atoms in total. The Kier molecular flexibility index (Phi) is 6.10. The molecular formula is C24H16F5N3O3. The molecule has 0 radical (unpaired) electrons. The molecule has 0 saturated heterocycles. The molecule has 1 atom stereocenters. The molecule has 1 aliphatic heterocycles. The Bertz CT molecular complexity index is 1270. The first-order valence-electron chi connectivity index (χ1n) is 10.2. The second-order valence-electron chi connectivity index (χ2n) is 7.82. The largest absolute Gasteiger partial charge is 0.433 e. The van der Waals surface area contributed by atoms with Crippen LogP contribution in [0.5, 0.6) is 0 Å². The molecular weight excluding hydrogens is 473 g/mol. The SMILES string of the molecule is CN(C(=O)[C@H](Cc1cc(F)cc(F)c1)N1C(=O)c2ccccc2C1=O)c1ccc(C(F)(F)F)nc1. The van der Waals surface area contributed by atoms with Gasteiger partial charge in [0.15, 0.2) is 0 Å². The Morgan fingerprint density at radius 3 is 2.03 bits per heavy atom. The minimum atomic E-state index is -4.69. The maximum Gasteiger partial charge on any atom is 0.433 e. The number of pyridine rings is 1. The molecule has 2 aromatic carbocycles. The first-order chi connectivity index (χ1) is 16.5. The fourth-order valence-electron chi connectivity index (χ4n) is 3.83. The Balaban J connectivity index is 1.72. The van der Waals surface area contributed by atoms with E-state index in [1.54, 1.807) is 0 Å². The van der Waals surface area contributed by atoms with E-state index in [1.807, 2.05) is 0 Å². The fourth-order valence-corrected chi connectivity index (χ4v) is 3.83. The van der Waals surface area contributed by atoms with Crippen molar-refractivity contribution in [3.8, 4) is 0 Å². The van der Waals surface area contributed by atoms with Crippen molar-refractivity contribution >= 4 is 23.4 Å². The first kappa shape index (κ1) is 24.0. The molecule has 1 aliphatic rings. The quantitative estimate of drug-likeness (QED) is 0.397. The Hall–Kier alpha value is -4.15. The molecule has 0 unspecified atom stereocenters. The molecule has 3 amide bonds. The van der Waals surface area contributed by atoms with Crippen LogP contribution >= 0.6 is 0 Å². The number of aromatic nitrogens is 1.